The topological polar surface area (TPSA) is 36.4 Å². The minimum atomic E-state index is 0.349. The van der Waals surface area contributed by atoms with Crippen LogP contribution < -0.4 is 4.90 Å². The van der Waals surface area contributed by atoms with Crippen LogP contribution in [0.2, 0.25) is 0 Å². The van der Waals surface area contributed by atoms with Crippen LogP contribution in [0, 0.1) is 5.92 Å². The largest absolute Gasteiger partial charge is 0.506 e. The number of aromatic hydroxyl groups is 1. The smallest absolute Gasteiger partial charge is 0.135 e. The van der Waals surface area contributed by atoms with Crippen molar-refractivity contribution in [1.82, 2.24) is 4.98 Å². The summed E-state index contributed by atoms with van der Waals surface area (Å²) in [4.78, 5) is 6.94. The van der Waals surface area contributed by atoms with Gasteiger partial charge in [0.2, 0.25) is 0 Å². The highest BCUT2D eigenvalue weighted by atomic mass is 32.1. The quantitative estimate of drug-likeness (QED) is 0.509. The second-order valence-electron chi connectivity index (χ2n) is 7.65. The summed E-state index contributed by atoms with van der Waals surface area (Å²) in [5.74, 6) is 1.21. The first-order valence-electron chi connectivity index (χ1n) is 10.2. The molecule has 4 rings (SSSR count). The normalized spacial score (nSPS) is 15.5. The van der Waals surface area contributed by atoms with Crippen LogP contribution in [0.1, 0.15) is 44.1 Å². The fraction of sp³-hybridized carbons (Fsp3) is 0.435. The number of fused-ring (bicyclic) bond motifs is 1. The van der Waals surface area contributed by atoms with Crippen LogP contribution in [-0.2, 0) is 6.42 Å². The first-order chi connectivity index (χ1) is 13.3. The zero-order chi connectivity index (χ0) is 18.5. The van der Waals surface area contributed by atoms with E-state index in [2.05, 4.69) is 40.2 Å². The molecule has 1 fully saturated rings. The summed E-state index contributed by atoms with van der Waals surface area (Å²) in [5.41, 5.74) is 5.44. The summed E-state index contributed by atoms with van der Waals surface area (Å²) in [7, 11) is 0. The van der Waals surface area contributed by atoms with Gasteiger partial charge in [-0.2, -0.15) is 0 Å². The van der Waals surface area contributed by atoms with Crippen molar-refractivity contribution in [3.8, 4) is 5.75 Å². The number of phenolic OH excluding ortho intramolecular Hbond substituents is 1. The van der Waals surface area contributed by atoms with Gasteiger partial charge in [0.05, 0.1) is 15.9 Å². The highest BCUT2D eigenvalue weighted by Gasteiger charge is 2.21. The Morgan fingerprint density at radius 3 is 2.63 bits per heavy atom. The number of aryl methyl sites for hydroxylation is 1. The summed E-state index contributed by atoms with van der Waals surface area (Å²) >= 11 is 1.52. The maximum Gasteiger partial charge on any atom is 0.135 e. The van der Waals surface area contributed by atoms with Gasteiger partial charge >= 0.3 is 0 Å². The lowest BCUT2D eigenvalue weighted by molar-refractivity contribution is 0.367. The number of rotatable bonds is 7. The summed E-state index contributed by atoms with van der Waals surface area (Å²) in [6, 6.07) is 14.7. The SMILES string of the molecule is Oc1ccc(N2CCC(CCCCCc3ccccc3)CC2)c2ncsc12. The second-order valence-corrected chi connectivity index (χ2v) is 8.50. The maximum absolute atomic E-state index is 9.99. The Balaban J connectivity index is 1.21. The maximum atomic E-state index is 9.99. The summed E-state index contributed by atoms with van der Waals surface area (Å²) < 4.78 is 0.910. The number of piperidine rings is 1. The lowest BCUT2D eigenvalue weighted by Crippen LogP contribution is -2.33. The number of benzene rings is 2. The number of thiazole rings is 1. The molecule has 0 saturated carbocycles. The van der Waals surface area contributed by atoms with Gasteiger partial charge in [0, 0.05) is 13.1 Å². The van der Waals surface area contributed by atoms with Crippen LogP contribution in [0.25, 0.3) is 10.2 Å². The molecule has 0 radical (unpaired) electrons. The van der Waals surface area contributed by atoms with Crippen LogP contribution >= 0.6 is 11.3 Å². The van der Waals surface area contributed by atoms with Crippen molar-refractivity contribution in [2.75, 3.05) is 18.0 Å². The minimum Gasteiger partial charge on any atom is -0.506 e. The van der Waals surface area contributed by atoms with Crippen LogP contribution in [0.4, 0.5) is 5.69 Å². The number of hydrogen-bond donors (Lipinski definition) is 1. The van der Waals surface area contributed by atoms with E-state index in [4.69, 9.17) is 0 Å². The zero-order valence-electron chi connectivity index (χ0n) is 15.8. The van der Waals surface area contributed by atoms with Gasteiger partial charge in [0.25, 0.3) is 0 Å². The molecule has 1 N–H and O–H groups in total. The Bertz CT molecular complexity index is 853. The Kier molecular flexibility index (Phi) is 5.93. The molecule has 142 valence electrons. The number of phenols is 1. The summed E-state index contributed by atoms with van der Waals surface area (Å²) in [6.45, 7) is 2.21. The molecule has 3 aromatic rings. The number of anilines is 1. The van der Waals surface area contributed by atoms with E-state index in [0.717, 1.165) is 29.2 Å². The molecule has 2 heterocycles. The van der Waals surface area contributed by atoms with Crippen molar-refractivity contribution < 1.29 is 5.11 Å². The van der Waals surface area contributed by atoms with Gasteiger partial charge in [-0.25, -0.2) is 4.98 Å². The van der Waals surface area contributed by atoms with Crippen molar-refractivity contribution in [3.05, 3.63) is 53.5 Å². The van der Waals surface area contributed by atoms with Crippen molar-refractivity contribution in [1.29, 1.82) is 0 Å². The molecule has 0 aliphatic carbocycles. The molecule has 3 nitrogen and oxygen atoms in total. The van der Waals surface area contributed by atoms with Gasteiger partial charge in [-0.05, 0) is 49.3 Å². The average Bonchev–Trinajstić information content (AvgIpc) is 3.20. The number of hydrogen-bond acceptors (Lipinski definition) is 4. The fourth-order valence-electron chi connectivity index (χ4n) is 4.22. The van der Waals surface area contributed by atoms with E-state index in [1.165, 1.54) is 67.5 Å². The van der Waals surface area contributed by atoms with E-state index in [0.29, 0.717) is 5.75 Å². The van der Waals surface area contributed by atoms with E-state index in [-0.39, 0.29) is 0 Å². The van der Waals surface area contributed by atoms with Crippen LogP contribution in [-0.4, -0.2) is 23.2 Å². The number of nitrogens with zero attached hydrogens (tertiary/aromatic N) is 2. The standard InChI is InChI=1S/C23H28N2OS/c26-21-12-11-20(22-23(21)27-17-24-22)25-15-13-19(14-16-25)10-6-2-5-9-18-7-3-1-4-8-18/h1,3-4,7-8,11-12,17,19,26H,2,5-6,9-10,13-16H2. The molecule has 0 unspecified atom stereocenters. The van der Waals surface area contributed by atoms with Crippen molar-refractivity contribution in [2.45, 2.75) is 44.9 Å². The Hall–Kier alpha value is -2.07. The Labute approximate surface area is 165 Å². The average molecular weight is 381 g/mol. The van der Waals surface area contributed by atoms with E-state index in [1.807, 2.05) is 17.6 Å². The van der Waals surface area contributed by atoms with Gasteiger partial charge < -0.3 is 10.0 Å². The van der Waals surface area contributed by atoms with Crippen LogP contribution in [0.3, 0.4) is 0 Å². The summed E-state index contributed by atoms with van der Waals surface area (Å²) in [5, 5.41) is 9.99. The number of aromatic nitrogens is 1. The Morgan fingerprint density at radius 2 is 1.81 bits per heavy atom. The van der Waals surface area contributed by atoms with Gasteiger partial charge in [0.1, 0.15) is 11.3 Å². The van der Waals surface area contributed by atoms with Gasteiger partial charge in [-0.3, -0.25) is 0 Å². The van der Waals surface area contributed by atoms with Crippen molar-refractivity contribution in [2.24, 2.45) is 5.92 Å². The third-order valence-electron chi connectivity index (χ3n) is 5.82. The predicted octanol–water partition coefficient (Wildman–Crippen LogP) is 6.02. The van der Waals surface area contributed by atoms with Gasteiger partial charge in [0.15, 0.2) is 0 Å². The van der Waals surface area contributed by atoms with E-state index < -0.39 is 0 Å². The van der Waals surface area contributed by atoms with Crippen LogP contribution in [0.15, 0.2) is 48.0 Å². The Morgan fingerprint density at radius 1 is 1.00 bits per heavy atom. The molecule has 0 atom stereocenters. The van der Waals surface area contributed by atoms with Gasteiger partial charge in [-0.1, -0.05) is 49.6 Å². The predicted molar refractivity (Wildman–Crippen MR) is 115 cm³/mol. The number of unbranched alkanes of at least 4 members (excludes halogenated alkanes) is 2. The van der Waals surface area contributed by atoms with Gasteiger partial charge in [-0.15, -0.1) is 11.3 Å². The molecule has 27 heavy (non-hydrogen) atoms. The van der Waals surface area contributed by atoms with Crippen molar-refractivity contribution >= 4 is 27.2 Å². The molecule has 0 bridgehead atoms. The molecule has 0 spiro atoms. The van der Waals surface area contributed by atoms with Crippen LogP contribution in [0.5, 0.6) is 5.75 Å². The van der Waals surface area contributed by atoms with Crippen molar-refractivity contribution in [3.63, 3.8) is 0 Å². The molecule has 4 heteroatoms. The first-order valence-corrected chi connectivity index (χ1v) is 11.0. The third-order valence-corrected chi connectivity index (χ3v) is 6.67. The molecule has 1 aliphatic heterocycles. The molecule has 1 saturated heterocycles. The molecule has 1 aliphatic rings. The van der Waals surface area contributed by atoms with E-state index in [9.17, 15) is 5.11 Å². The molecular weight excluding hydrogens is 352 g/mol. The molecular formula is C23H28N2OS. The zero-order valence-corrected chi connectivity index (χ0v) is 16.6. The molecule has 2 aromatic carbocycles. The monoisotopic (exact) mass is 380 g/mol. The summed E-state index contributed by atoms with van der Waals surface area (Å²) in [6.07, 6.45) is 9.11. The van der Waals surface area contributed by atoms with E-state index >= 15 is 0 Å². The second kappa shape index (κ2) is 8.75. The highest BCUT2D eigenvalue weighted by molar-refractivity contribution is 7.17. The molecule has 1 aromatic heterocycles. The first kappa shape index (κ1) is 18.3. The fourth-order valence-corrected chi connectivity index (χ4v) is 4.95. The minimum absolute atomic E-state index is 0.349. The molecule has 0 amide bonds. The lowest BCUT2D eigenvalue weighted by Gasteiger charge is -2.34. The highest BCUT2D eigenvalue weighted by Crippen LogP contribution is 2.36. The lowest BCUT2D eigenvalue weighted by atomic mass is 9.90. The van der Waals surface area contributed by atoms with E-state index in [1.54, 1.807) is 0 Å². The third kappa shape index (κ3) is 4.44.